The number of hydrogen-bond donors (Lipinski definition) is 4. The van der Waals surface area contributed by atoms with Crippen LogP contribution in [0.15, 0.2) is 89.8 Å². The Morgan fingerprint density at radius 3 is 1.96 bits per heavy atom. The van der Waals surface area contributed by atoms with Crippen molar-refractivity contribution in [3.05, 3.63) is 96.1 Å². The summed E-state index contributed by atoms with van der Waals surface area (Å²) >= 11 is 0. The molecule has 256 valence electrons. The first-order valence-electron chi connectivity index (χ1n) is 15.9. The van der Waals surface area contributed by atoms with Crippen molar-refractivity contribution >= 4 is 21.8 Å². The highest BCUT2D eigenvalue weighted by atomic mass is 32.2. The Kier molecular flexibility index (Phi) is 14.0. The average molecular weight is 667 g/mol. The van der Waals surface area contributed by atoms with Crippen LogP contribution in [0.5, 0.6) is 5.75 Å². The molecule has 47 heavy (non-hydrogen) atoms. The molecule has 0 fully saturated rings. The predicted octanol–water partition coefficient (Wildman–Crippen LogP) is 3.75. The van der Waals surface area contributed by atoms with Crippen molar-refractivity contribution in [2.75, 3.05) is 26.7 Å². The molecule has 0 radical (unpaired) electrons. The number of carbonyl (C=O) groups is 2. The van der Waals surface area contributed by atoms with E-state index < -0.39 is 39.5 Å². The summed E-state index contributed by atoms with van der Waals surface area (Å²) < 4.78 is 34.0. The van der Waals surface area contributed by atoms with Gasteiger partial charge in [-0.2, -0.15) is 4.31 Å². The van der Waals surface area contributed by atoms with Crippen LogP contribution < -0.4 is 20.7 Å². The Balaban J connectivity index is 1.81. The van der Waals surface area contributed by atoms with Crippen LogP contribution in [0, 0.1) is 11.3 Å². The van der Waals surface area contributed by atoms with Gasteiger partial charge in [0.25, 0.3) is 0 Å². The average Bonchev–Trinajstić information content (AvgIpc) is 3.03. The molecule has 3 aromatic carbocycles. The number of amides is 2. The molecule has 2 amide bonds. The summed E-state index contributed by atoms with van der Waals surface area (Å²) in [6.07, 6.45) is -1.02. The maximum absolute atomic E-state index is 13.9. The fourth-order valence-corrected chi connectivity index (χ4v) is 6.75. The number of sulfonamides is 1. The van der Waals surface area contributed by atoms with Crippen molar-refractivity contribution < 1.29 is 27.9 Å². The van der Waals surface area contributed by atoms with E-state index in [0.29, 0.717) is 12.3 Å². The minimum Gasteiger partial charge on any atom is -0.497 e. The molecule has 3 rings (SSSR count). The number of nitrogens with one attached hydrogen (secondary N) is 3. The summed E-state index contributed by atoms with van der Waals surface area (Å²) in [5.41, 5.74) is 1.22. The number of aliphatic hydroxyl groups is 1. The molecule has 3 aromatic rings. The largest absolute Gasteiger partial charge is 0.497 e. The second-order valence-electron chi connectivity index (χ2n) is 13.2. The Hall–Kier alpha value is -3.77. The molecule has 0 spiro atoms. The fraction of sp³-hybridized carbons (Fsp3) is 0.444. The molecule has 0 aliphatic carbocycles. The van der Waals surface area contributed by atoms with E-state index in [9.17, 15) is 23.1 Å². The second-order valence-corrected chi connectivity index (χ2v) is 15.2. The first-order valence-corrected chi connectivity index (χ1v) is 17.3. The zero-order valence-corrected chi connectivity index (χ0v) is 29.1. The molecule has 0 aliphatic rings. The van der Waals surface area contributed by atoms with E-state index >= 15 is 0 Å². The molecular formula is C36H50N4O6S. The van der Waals surface area contributed by atoms with Gasteiger partial charge in [-0.3, -0.25) is 9.59 Å². The molecule has 0 aromatic heterocycles. The van der Waals surface area contributed by atoms with Gasteiger partial charge in [-0.15, -0.1) is 0 Å². The number of rotatable bonds is 17. The lowest BCUT2D eigenvalue weighted by Crippen LogP contribution is -2.59. The van der Waals surface area contributed by atoms with E-state index in [-0.39, 0.29) is 42.8 Å². The van der Waals surface area contributed by atoms with Crippen molar-refractivity contribution in [2.45, 2.75) is 70.7 Å². The Labute approximate surface area is 280 Å². The lowest BCUT2D eigenvalue weighted by atomic mass is 9.85. The first-order chi connectivity index (χ1) is 22.2. The maximum Gasteiger partial charge on any atom is 0.243 e. The van der Waals surface area contributed by atoms with Crippen LogP contribution in [0.25, 0.3) is 0 Å². The van der Waals surface area contributed by atoms with Gasteiger partial charge in [0.2, 0.25) is 21.8 Å². The molecule has 0 bridgehead atoms. The van der Waals surface area contributed by atoms with Gasteiger partial charge in [0.1, 0.15) is 11.8 Å². The lowest BCUT2D eigenvalue weighted by Gasteiger charge is -2.34. The Morgan fingerprint density at radius 2 is 1.43 bits per heavy atom. The Morgan fingerprint density at radius 1 is 0.851 bits per heavy atom. The van der Waals surface area contributed by atoms with Crippen molar-refractivity contribution in [2.24, 2.45) is 11.3 Å². The summed E-state index contributed by atoms with van der Waals surface area (Å²) in [5.74, 6) is -0.321. The van der Waals surface area contributed by atoms with Gasteiger partial charge < -0.3 is 25.8 Å². The number of hydrogen-bond acceptors (Lipinski definition) is 7. The van der Waals surface area contributed by atoms with Crippen LogP contribution in [0.4, 0.5) is 0 Å². The highest BCUT2D eigenvalue weighted by Gasteiger charge is 2.36. The lowest BCUT2D eigenvalue weighted by molar-refractivity contribution is -0.132. The smallest absolute Gasteiger partial charge is 0.243 e. The quantitative estimate of drug-likeness (QED) is 0.172. The first kappa shape index (κ1) is 37.7. The number of benzene rings is 3. The van der Waals surface area contributed by atoms with Crippen LogP contribution in [-0.4, -0.2) is 74.6 Å². The number of ether oxygens (including phenoxy) is 1. The van der Waals surface area contributed by atoms with Crippen molar-refractivity contribution in [1.82, 2.24) is 20.3 Å². The van der Waals surface area contributed by atoms with Crippen molar-refractivity contribution in [3.63, 3.8) is 0 Å². The normalized spacial score (nSPS) is 14.0. The van der Waals surface area contributed by atoms with Gasteiger partial charge in [0, 0.05) is 19.6 Å². The monoisotopic (exact) mass is 666 g/mol. The number of carbonyl (C=O) groups excluding carboxylic acids is 2. The third kappa shape index (κ3) is 11.8. The van der Waals surface area contributed by atoms with Gasteiger partial charge in [-0.05, 0) is 53.1 Å². The third-order valence-corrected chi connectivity index (χ3v) is 9.48. The molecule has 0 saturated heterocycles. The van der Waals surface area contributed by atoms with Gasteiger partial charge in [-0.1, -0.05) is 95.3 Å². The highest BCUT2D eigenvalue weighted by molar-refractivity contribution is 7.89. The summed E-state index contributed by atoms with van der Waals surface area (Å²) in [4.78, 5) is 26.9. The van der Waals surface area contributed by atoms with E-state index in [4.69, 9.17) is 4.74 Å². The van der Waals surface area contributed by atoms with Gasteiger partial charge in [0.05, 0.1) is 30.7 Å². The SMILES string of the molecule is COc1ccc(S(=O)(=O)N(CC(C)C)C[C@@H](O)[C@H](Cc2ccccc2)NC(=O)[C@@H](NC(=O)CNCc2ccccc2)C(C)(C)C)cc1. The minimum atomic E-state index is -3.99. The summed E-state index contributed by atoms with van der Waals surface area (Å²) in [6.45, 7) is 9.77. The fourth-order valence-electron chi connectivity index (χ4n) is 5.13. The summed E-state index contributed by atoms with van der Waals surface area (Å²) in [6, 6.07) is 23.4. The molecule has 0 aliphatic heterocycles. The number of aliphatic hydroxyl groups excluding tert-OH is 1. The van der Waals surface area contributed by atoms with E-state index in [1.807, 2.05) is 95.3 Å². The van der Waals surface area contributed by atoms with Gasteiger partial charge in [0.15, 0.2) is 0 Å². The standard InChI is InChI=1S/C36H50N4O6S/c1-26(2)24-40(47(44,45)30-19-17-29(46-6)18-20-30)25-32(41)31(21-27-13-9-7-10-14-27)38-35(43)34(36(3,4)5)39-33(42)23-37-22-28-15-11-8-12-16-28/h7-20,26,31-32,34,37,41H,21-25H2,1-6H3,(H,38,43)(H,39,42)/t31-,32+,34+/m0/s1. The zero-order chi connectivity index (χ0) is 34.6. The highest BCUT2D eigenvalue weighted by Crippen LogP contribution is 2.23. The van der Waals surface area contributed by atoms with Gasteiger partial charge in [-0.25, -0.2) is 8.42 Å². The van der Waals surface area contributed by atoms with Crippen LogP contribution in [0.2, 0.25) is 0 Å². The van der Waals surface area contributed by atoms with E-state index in [1.165, 1.54) is 23.5 Å². The third-order valence-electron chi connectivity index (χ3n) is 7.64. The molecule has 0 heterocycles. The number of methoxy groups -OCH3 is 1. The van der Waals surface area contributed by atoms with Crippen molar-refractivity contribution in [1.29, 1.82) is 0 Å². The number of nitrogens with zero attached hydrogens (tertiary/aromatic N) is 1. The molecular weight excluding hydrogens is 616 g/mol. The summed E-state index contributed by atoms with van der Waals surface area (Å²) in [5, 5.41) is 20.6. The van der Waals surface area contributed by atoms with Crippen LogP contribution >= 0.6 is 0 Å². The Bertz CT molecular complexity index is 1510. The van der Waals surface area contributed by atoms with E-state index in [1.54, 1.807) is 12.1 Å². The van der Waals surface area contributed by atoms with Crippen LogP contribution in [-0.2, 0) is 32.6 Å². The molecule has 11 heteroatoms. The molecule has 10 nitrogen and oxygen atoms in total. The predicted molar refractivity (Wildman–Crippen MR) is 184 cm³/mol. The van der Waals surface area contributed by atoms with Crippen LogP contribution in [0.1, 0.15) is 45.7 Å². The second kappa shape index (κ2) is 17.4. The molecule has 3 atom stereocenters. The molecule has 4 N–H and O–H groups in total. The maximum atomic E-state index is 13.9. The van der Waals surface area contributed by atoms with Gasteiger partial charge >= 0.3 is 0 Å². The van der Waals surface area contributed by atoms with E-state index in [0.717, 1.165) is 11.1 Å². The molecule has 0 saturated carbocycles. The van der Waals surface area contributed by atoms with Crippen molar-refractivity contribution in [3.8, 4) is 5.75 Å². The molecule has 0 unspecified atom stereocenters. The summed E-state index contributed by atoms with van der Waals surface area (Å²) in [7, 11) is -2.49. The minimum absolute atomic E-state index is 0.0121. The van der Waals surface area contributed by atoms with E-state index in [2.05, 4.69) is 16.0 Å². The topological polar surface area (TPSA) is 137 Å². The van der Waals surface area contributed by atoms with Crippen LogP contribution in [0.3, 0.4) is 0 Å². The zero-order valence-electron chi connectivity index (χ0n) is 28.3.